The summed E-state index contributed by atoms with van der Waals surface area (Å²) in [5.41, 5.74) is 0. The topological polar surface area (TPSA) is 56.7 Å². The molecule has 0 fully saturated rings. The molecule has 0 unspecified atom stereocenters. The highest BCUT2D eigenvalue weighted by Gasteiger charge is 2.14. The summed E-state index contributed by atoms with van der Waals surface area (Å²) in [5, 5.41) is 0. The molecule has 6 heteroatoms. The zero-order chi connectivity index (χ0) is 15.5. The molecule has 1 aromatic heterocycles. The summed E-state index contributed by atoms with van der Waals surface area (Å²) in [6, 6.07) is 2.03. The first-order valence-corrected chi connectivity index (χ1v) is 7.01. The molecule has 0 saturated carbocycles. The number of methoxy groups -OCH3 is 2. The van der Waals surface area contributed by atoms with Gasteiger partial charge in [-0.15, -0.1) is 6.58 Å². The molecule has 6 nitrogen and oxygen atoms in total. The van der Waals surface area contributed by atoms with Crippen LogP contribution in [0.1, 0.15) is 12.8 Å². The van der Waals surface area contributed by atoms with Crippen molar-refractivity contribution in [3.8, 4) is 11.9 Å². The van der Waals surface area contributed by atoms with E-state index in [1.165, 1.54) is 0 Å². The van der Waals surface area contributed by atoms with Crippen LogP contribution >= 0.6 is 0 Å². The van der Waals surface area contributed by atoms with E-state index in [1.54, 1.807) is 26.5 Å². The first-order chi connectivity index (χ1) is 10.2. The Morgan fingerprint density at radius 2 is 2.24 bits per heavy atom. The minimum absolute atomic E-state index is 0.00281. The van der Waals surface area contributed by atoms with Gasteiger partial charge in [-0.2, -0.15) is 4.98 Å². The molecule has 0 aliphatic heterocycles. The molecule has 0 amide bonds. The average molecular weight is 295 g/mol. The van der Waals surface area contributed by atoms with Crippen LogP contribution in [0, 0.1) is 0 Å². The Bertz CT molecular complexity index is 415. The van der Waals surface area contributed by atoms with Gasteiger partial charge in [-0.3, -0.25) is 0 Å². The number of hydrogen-bond acceptors (Lipinski definition) is 6. The van der Waals surface area contributed by atoms with Gasteiger partial charge in [0, 0.05) is 32.5 Å². The lowest BCUT2D eigenvalue weighted by Gasteiger charge is -2.23. The average Bonchev–Trinajstić information content (AvgIpc) is 2.50. The van der Waals surface area contributed by atoms with E-state index in [0.717, 1.165) is 25.9 Å². The molecule has 1 heterocycles. The molecular weight excluding hydrogens is 270 g/mol. The van der Waals surface area contributed by atoms with E-state index >= 15 is 0 Å². The fourth-order valence-corrected chi connectivity index (χ4v) is 1.82. The maximum absolute atomic E-state index is 5.88. The molecule has 0 aromatic carbocycles. The van der Waals surface area contributed by atoms with Crippen LogP contribution < -0.4 is 9.47 Å². The molecule has 0 aliphatic carbocycles. The third-order valence-electron chi connectivity index (χ3n) is 2.97. The largest absolute Gasteiger partial charge is 0.481 e. The highest BCUT2D eigenvalue weighted by Crippen LogP contribution is 2.13. The van der Waals surface area contributed by atoms with Gasteiger partial charge in [-0.1, -0.05) is 6.08 Å². The van der Waals surface area contributed by atoms with E-state index in [9.17, 15) is 0 Å². The van der Waals surface area contributed by atoms with Crippen LogP contribution in [0.3, 0.4) is 0 Å². The van der Waals surface area contributed by atoms with Gasteiger partial charge < -0.3 is 19.1 Å². The van der Waals surface area contributed by atoms with Crippen LogP contribution in [0.2, 0.25) is 0 Å². The van der Waals surface area contributed by atoms with Crippen LogP contribution in [-0.2, 0) is 4.74 Å². The number of nitrogens with zero attached hydrogens (tertiary/aromatic N) is 3. The second-order valence-corrected chi connectivity index (χ2v) is 4.74. The van der Waals surface area contributed by atoms with Gasteiger partial charge in [-0.05, 0) is 19.9 Å². The fourth-order valence-electron chi connectivity index (χ4n) is 1.82. The van der Waals surface area contributed by atoms with Crippen LogP contribution in [-0.4, -0.2) is 61.9 Å². The number of ether oxygens (including phenoxy) is 3. The van der Waals surface area contributed by atoms with Crippen molar-refractivity contribution in [2.24, 2.45) is 0 Å². The molecule has 1 aromatic rings. The monoisotopic (exact) mass is 295 g/mol. The Morgan fingerprint density at radius 3 is 2.90 bits per heavy atom. The Hall–Kier alpha value is -1.66. The maximum atomic E-state index is 5.88. The Morgan fingerprint density at radius 1 is 1.43 bits per heavy atom. The first-order valence-electron chi connectivity index (χ1n) is 7.01. The number of hydrogen-bond donors (Lipinski definition) is 0. The molecule has 0 radical (unpaired) electrons. The lowest BCUT2D eigenvalue weighted by Crippen LogP contribution is -2.35. The minimum Gasteiger partial charge on any atom is -0.481 e. The number of aromatic nitrogens is 2. The van der Waals surface area contributed by atoms with Crippen molar-refractivity contribution < 1.29 is 14.2 Å². The van der Waals surface area contributed by atoms with Gasteiger partial charge in [0.15, 0.2) is 0 Å². The van der Waals surface area contributed by atoms with Crippen LogP contribution in [0.4, 0.5) is 0 Å². The summed E-state index contributed by atoms with van der Waals surface area (Å²) >= 11 is 0. The molecule has 0 N–H and O–H groups in total. The highest BCUT2D eigenvalue weighted by atomic mass is 16.5. The molecule has 21 heavy (non-hydrogen) atoms. The summed E-state index contributed by atoms with van der Waals surface area (Å²) in [6.07, 6.45) is 5.25. The lowest BCUT2D eigenvalue weighted by molar-refractivity contribution is 0.106. The van der Waals surface area contributed by atoms with E-state index < -0.39 is 0 Å². The second-order valence-electron chi connectivity index (χ2n) is 4.74. The Labute approximate surface area is 126 Å². The summed E-state index contributed by atoms with van der Waals surface area (Å²) in [6.45, 7) is 6.08. The normalized spacial score (nSPS) is 12.2. The molecule has 0 saturated heterocycles. The maximum Gasteiger partial charge on any atom is 0.319 e. The van der Waals surface area contributed by atoms with Gasteiger partial charge in [0.05, 0.1) is 13.7 Å². The standard InChI is InChI=1S/C15H25N3O3/c1-5-6-7-13(12-18(2)10-11-19-3)21-15-16-9-8-14(17-15)20-4/h5,8-9,13H,1,6-7,10-12H2,2-4H3/t13-/m0/s1. The minimum atomic E-state index is -0.00281. The van der Waals surface area contributed by atoms with Gasteiger partial charge in [0.2, 0.25) is 5.88 Å². The van der Waals surface area contributed by atoms with Gasteiger partial charge in [0.25, 0.3) is 0 Å². The molecule has 118 valence electrons. The summed E-state index contributed by atoms with van der Waals surface area (Å²) < 4.78 is 16.0. The third kappa shape index (κ3) is 7.06. The van der Waals surface area contributed by atoms with Crippen molar-refractivity contribution in [2.45, 2.75) is 18.9 Å². The predicted octanol–water partition coefficient (Wildman–Crippen LogP) is 1.78. The molecule has 0 aliphatic rings. The van der Waals surface area contributed by atoms with E-state index in [1.807, 2.05) is 13.1 Å². The second kappa shape index (κ2) is 10.1. The summed E-state index contributed by atoms with van der Waals surface area (Å²) in [7, 11) is 5.30. The van der Waals surface area contributed by atoms with Crippen molar-refractivity contribution in [3.63, 3.8) is 0 Å². The zero-order valence-electron chi connectivity index (χ0n) is 13.1. The van der Waals surface area contributed by atoms with Crippen molar-refractivity contribution in [1.82, 2.24) is 14.9 Å². The first kappa shape index (κ1) is 17.4. The zero-order valence-corrected chi connectivity index (χ0v) is 13.1. The van der Waals surface area contributed by atoms with E-state index in [4.69, 9.17) is 14.2 Å². The van der Waals surface area contributed by atoms with E-state index in [2.05, 4.69) is 21.4 Å². The number of likely N-dealkylation sites (N-methyl/N-ethyl adjacent to an activating group) is 1. The van der Waals surface area contributed by atoms with Crippen LogP contribution in [0.15, 0.2) is 24.9 Å². The van der Waals surface area contributed by atoms with Gasteiger partial charge in [-0.25, -0.2) is 4.98 Å². The van der Waals surface area contributed by atoms with Crippen LogP contribution in [0.5, 0.6) is 11.9 Å². The number of rotatable bonds is 11. The lowest BCUT2D eigenvalue weighted by atomic mass is 10.2. The molecule has 0 spiro atoms. The molecule has 0 bridgehead atoms. The van der Waals surface area contributed by atoms with Crippen molar-refractivity contribution in [2.75, 3.05) is 41.0 Å². The predicted molar refractivity (Wildman–Crippen MR) is 81.8 cm³/mol. The van der Waals surface area contributed by atoms with Crippen molar-refractivity contribution >= 4 is 0 Å². The smallest absolute Gasteiger partial charge is 0.319 e. The third-order valence-corrected chi connectivity index (χ3v) is 2.97. The molecular formula is C15H25N3O3. The Kier molecular flexibility index (Phi) is 8.38. The number of allylic oxidation sites excluding steroid dienone is 1. The van der Waals surface area contributed by atoms with Gasteiger partial charge in [0.1, 0.15) is 6.10 Å². The van der Waals surface area contributed by atoms with E-state index in [0.29, 0.717) is 18.5 Å². The fraction of sp³-hybridized carbons (Fsp3) is 0.600. The highest BCUT2D eigenvalue weighted by molar-refractivity contribution is 5.11. The van der Waals surface area contributed by atoms with Crippen LogP contribution in [0.25, 0.3) is 0 Å². The summed E-state index contributed by atoms with van der Waals surface area (Å²) in [4.78, 5) is 10.5. The quantitative estimate of drug-likeness (QED) is 0.580. The SMILES string of the molecule is C=CCC[C@@H](CN(C)CCOC)Oc1nccc(OC)n1. The Balaban J connectivity index is 2.61. The van der Waals surface area contributed by atoms with Crippen molar-refractivity contribution in [3.05, 3.63) is 24.9 Å². The van der Waals surface area contributed by atoms with E-state index in [-0.39, 0.29) is 6.10 Å². The van der Waals surface area contributed by atoms with Crippen molar-refractivity contribution in [1.29, 1.82) is 0 Å². The molecule has 1 rings (SSSR count). The molecule has 1 atom stereocenters. The summed E-state index contributed by atoms with van der Waals surface area (Å²) in [5.74, 6) is 0.496. The van der Waals surface area contributed by atoms with Gasteiger partial charge >= 0.3 is 6.01 Å².